The van der Waals surface area contributed by atoms with Crippen molar-refractivity contribution < 1.29 is 0 Å². The maximum atomic E-state index is 3.46. The summed E-state index contributed by atoms with van der Waals surface area (Å²) < 4.78 is 0. The van der Waals surface area contributed by atoms with Crippen LogP contribution in [0.25, 0.3) is 65.3 Å². The van der Waals surface area contributed by atoms with Gasteiger partial charge in [-0.15, -0.1) is 0 Å². The van der Waals surface area contributed by atoms with E-state index in [1.165, 1.54) is 71.3 Å². The van der Waals surface area contributed by atoms with Crippen LogP contribution in [-0.2, 0) is 21.7 Å². The monoisotopic (exact) mass is 987 g/mol. The second kappa shape index (κ2) is 18.9. The van der Waals surface area contributed by atoms with Gasteiger partial charge in [-0.2, -0.15) is 0 Å². The van der Waals surface area contributed by atoms with E-state index in [2.05, 4.69) is 305 Å². The lowest BCUT2D eigenvalue weighted by Crippen LogP contribution is -2.14. The summed E-state index contributed by atoms with van der Waals surface area (Å²) in [6.45, 7) is 27.4. The summed E-state index contributed by atoms with van der Waals surface area (Å²) in [5.74, 6) is 0. The van der Waals surface area contributed by atoms with Crippen LogP contribution in [-0.4, -0.2) is 0 Å². The molecule has 0 heterocycles. The summed E-state index contributed by atoms with van der Waals surface area (Å²) in [6, 6.07) is 84.4. The highest BCUT2D eigenvalue weighted by Gasteiger charge is 2.26. The standard InChI is InChI=1S/C74H70N2/c1-71(2,3)51-27-35-55(36-28-51)75(56-37-29-52(30-38-56)72(4,5)6)59-43-45-65-67(47-59)69(63-25-17-21-49-19-13-15-23-61(49)63)66-46-44-60(48-68(66)70(65)64-26-18-22-50-20-14-16-24-62(50)64)76(57-39-31-53(32-40-57)73(7,8)9)58-41-33-54(34-42-58)74(10,11)12/h13,15-19,21-48H,1-12H3. The Labute approximate surface area is 452 Å². The number of nitrogens with zero attached hydrogens (tertiary/aromatic N) is 2. The Morgan fingerprint density at radius 1 is 0.289 bits per heavy atom. The van der Waals surface area contributed by atoms with Crippen LogP contribution in [0.1, 0.15) is 105 Å². The third-order valence-electron chi connectivity index (χ3n) is 15.5. The van der Waals surface area contributed by atoms with E-state index in [1.54, 1.807) is 0 Å². The molecule has 0 unspecified atom stereocenters. The molecule has 0 atom stereocenters. The number of hydrogen-bond acceptors (Lipinski definition) is 2. The Kier molecular flexibility index (Phi) is 12.5. The molecule has 0 aliphatic rings. The molecule has 76 heavy (non-hydrogen) atoms. The summed E-state index contributed by atoms with van der Waals surface area (Å²) in [4.78, 5) is 4.88. The van der Waals surface area contributed by atoms with Crippen molar-refractivity contribution >= 4 is 77.2 Å². The van der Waals surface area contributed by atoms with E-state index in [0.717, 1.165) is 50.5 Å². The van der Waals surface area contributed by atoms with Crippen LogP contribution in [0.15, 0.2) is 206 Å². The molecule has 0 saturated carbocycles. The molecule has 376 valence electrons. The van der Waals surface area contributed by atoms with E-state index in [0.29, 0.717) is 0 Å². The molecule has 0 spiro atoms. The van der Waals surface area contributed by atoms with Crippen molar-refractivity contribution in [2.45, 2.75) is 105 Å². The zero-order valence-electron chi connectivity index (χ0n) is 46.5. The van der Waals surface area contributed by atoms with Gasteiger partial charge in [0.15, 0.2) is 0 Å². The zero-order chi connectivity index (χ0) is 53.3. The first kappa shape index (κ1) is 50.1. The average Bonchev–Trinajstić information content (AvgIpc) is 3.41. The maximum absolute atomic E-state index is 3.46. The topological polar surface area (TPSA) is 6.48 Å². The minimum atomic E-state index is 0.0208. The summed E-state index contributed by atoms with van der Waals surface area (Å²) in [5.41, 5.74) is 16.7. The quantitative estimate of drug-likeness (QED) is 0.140. The highest BCUT2D eigenvalue weighted by molar-refractivity contribution is 6.26. The molecule has 0 aliphatic heterocycles. The van der Waals surface area contributed by atoms with Gasteiger partial charge in [0.25, 0.3) is 0 Å². The molecule has 11 aromatic carbocycles. The molecular formula is C74H70N2. The maximum Gasteiger partial charge on any atom is 0.0468 e. The predicted octanol–water partition coefficient (Wildman–Crippen LogP) is 21.4. The van der Waals surface area contributed by atoms with Crippen molar-refractivity contribution in [3.63, 3.8) is 0 Å². The Morgan fingerprint density at radius 3 is 1.05 bits per heavy atom. The lowest BCUT2D eigenvalue weighted by Gasteiger charge is -2.30. The molecule has 0 aliphatic carbocycles. The largest absolute Gasteiger partial charge is 0.310 e. The third kappa shape index (κ3) is 9.39. The molecule has 0 saturated heterocycles. The van der Waals surface area contributed by atoms with Crippen molar-refractivity contribution in [1.82, 2.24) is 0 Å². The molecule has 11 aromatic rings. The summed E-state index contributed by atoms with van der Waals surface area (Å²) in [6.07, 6.45) is 0. The van der Waals surface area contributed by atoms with Crippen molar-refractivity contribution in [2.24, 2.45) is 0 Å². The van der Waals surface area contributed by atoms with E-state index >= 15 is 0 Å². The van der Waals surface area contributed by atoms with Gasteiger partial charge in [-0.1, -0.05) is 210 Å². The van der Waals surface area contributed by atoms with E-state index in [-0.39, 0.29) is 21.7 Å². The highest BCUT2D eigenvalue weighted by atomic mass is 15.1. The summed E-state index contributed by atoms with van der Waals surface area (Å²) in [7, 11) is 0. The van der Waals surface area contributed by atoms with Crippen LogP contribution in [0, 0.1) is 12.1 Å². The van der Waals surface area contributed by atoms with Gasteiger partial charge >= 0.3 is 0 Å². The molecule has 0 amide bonds. The summed E-state index contributed by atoms with van der Waals surface area (Å²) in [5, 5.41) is 9.33. The van der Waals surface area contributed by atoms with E-state index in [1.807, 2.05) is 6.07 Å². The van der Waals surface area contributed by atoms with Crippen LogP contribution >= 0.6 is 0 Å². The van der Waals surface area contributed by atoms with E-state index < -0.39 is 0 Å². The number of hydrogen-bond donors (Lipinski definition) is 0. The molecule has 11 rings (SSSR count). The van der Waals surface area contributed by atoms with Crippen LogP contribution in [0.2, 0.25) is 0 Å². The van der Waals surface area contributed by atoms with Crippen molar-refractivity contribution in [3.05, 3.63) is 241 Å². The van der Waals surface area contributed by atoms with Crippen molar-refractivity contribution in [2.75, 3.05) is 9.80 Å². The van der Waals surface area contributed by atoms with Gasteiger partial charge in [0.2, 0.25) is 0 Å². The van der Waals surface area contributed by atoms with E-state index in [4.69, 9.17) is 0 Å². The molecule has 0 bridgehead atoms. The average molecular weight is 987 g/mol. The normalized spacial score (nSPS) is 12.4. The van der Waals surface area contributed by atoms with Crippen LogP contribution in [0.5, 0.6) is 0 Å². The Bertz CT molecular complexity index is 3540. The minimum Gasteiger partial charge on any atom is -0.310 e. The van der Waals surface area contributed by atoms with Crippen LogP contribution in [0.3, 0.4) is 0 Å². The van der Waals surface area contributed by atoms with Crippen molar-refractivity contribution in [1.29, 1.82) is 0 Å². The second-order valence-electron chi connectivity index (χ2n) is 25.0. The fourth-order valence-corrected chi connectivity index (χ4v) is 11.2. The first-order valence-electron chi connectivity index (χ1n) is 27.1. The number of fused-ring (bicyclic) bond motifs is 4. The zero-order valence-corrected chi connectivity index (χ0v) is 46.5. The number of benzene rings is 10. The SMILES string of the molecule is CC(C)(C)c1ccc(N(c2ccc(C(C)(C)C)cc2)c2ccc3c(-c4cccc5ccccc45)c4cc(N(c5ccc(C(C)(C)C)cc5)c5ccc(C(C)(C)C)cc5)ccc4c(-c4cccc5c#cccc45)c3c2)cc1. The molecule has 0 fully saturated rings. The smallest absolute Gasteiger partial charge is 0.0468 e. The lowest BCUT2D eigenvalue weighted by atomic mass is 9.83. The predicted molar refractivity (Wildman–Crippen MR) is 329 cm³/mol. The first-order chi connectivity index (χ1) is 36.2. The molecular weight excluding hydrogens is 917 g/mol. The van der Waals surface area contributed by atoms with Gasteiger partial charge in [0.05, 0.1) is 0 Å². The van der Waals surface area contributed by atoms with Gasteiger partial charge in [-0.25, -0.2) is 0 Å². The van der Waals surface area contributed by atoms with Crippen molar-refractivity contribution in [3.8, 4) is 22.3 Å². The number of anilines is 6. The van der Waals surface area contributed by atoms with Crippen LogP contribution < -0.4 is 9.80 Å². The van der Waals surface area contributed by atoms with E-state index in [9.17, 15) is 0 Å². The van der Waals surface area contributed by atoms with Crippen LogP contribution in [0.4, 0.5) is 34.1 Å². The van der Waals surface area contributed by atoms with Gasteiger partial charge in [0, 0.05) is 39.5 Å². The molecule has 2 heteroatoms. The van der Waals surface area contributed by atoms with Gasteiger partial charge in [-0.3, -0.25) is 0 Å². The molecule has 0 radical (unpaired) electrons. The Hall–Kier alpha value is -8.12. The summed E-state index contributed by atoms with van der Waals surface area (Å²) >= 11 is 0. The Balaban J connectivity index is 1.25. The van der Waals surface area contributed by atoms with Gasteiger partial charge in [0.1, 0.15) is 0 Å². The van der Waals surface area contributed by atoms with Gasteiger partial charge in [-0.05, 0) is 195 Å². The first-order valence-corrected chi connectivity index (χ1v) is 27.1. The number of rotatable bonds is 8. The fraction of sp³-hybridized carbons (Fsp3) is 0.216. The van der Waals surface area contributed by atoms with Gasteiger partial charge < -0.3 is 9.80 Å². The minimum absolute atomic E-state index is 0.0208. The second-order valence-corrected chi connectivity index (χ2v) is 25.0. The molecule has 0 N–H and O–H groups in total. The fourth-order valence-electron chi connectivity index (χ4n) is 11.2. The molecule has 2 nitrogen and oxygen atoms in total. The Morgan fingerprint density at radius 2 is 0.645 bits per heavy atom. The lowest BCUT2D eigenvalue weighted by molar-refractivity contribution is 0.590. The highest BCUT2D eigenvalue weighted by Crippen LogP contribution is 2.51. The molecule has 0 aromatic heterocycles. The third-order valence-corrected chi connectivity index (χ3v) is 15.5.